The zero-order chi connectivity index (χ0) is 15.4. The Kier molecular flexibility index (Phi) is 4.53. The van der Waals surface area contributed by atoms with Crippen molar-refractivity contribution < 1.29 is 9.13 Å². The average molecular weight is 318 g/mol. The first-order valence-corrected chi connectivity index (χ1v) is 7.86. The molecule has 0 amide bonds. The number of fused-ring (bicyclic) bond motifs is 1. The molecule has 0 radical (unpaired) electrons. The Morgan fingerprint density at radius 2 is 2.05 bits per heavy atom. The Labute approximate surface area is 131 Å². The van der Waals surface area contributed by atoms with Gasteiger partial charge >= 0.3 is 0 Å². The summed E-state index contributed by atoms with van der Waals surface area (Å²) in [5.41, 5.74) is 0.833. The molecule has 0 aliphatic carbocycles. The van der Waals surface area contributed by atoms with Crippen molar-refractivity contribution in [3.8, 4) is 5.75 Å². The lowest BCUT2D eigenvalue weighted by atomic mass is 10.3. The lowest BCUT2D eigenvalue weighted by Gasteiger charge is -2.06. The molecule has 0 unspecified atom stereocenters. The van der Waals surface area contributed by atoms with Gasteiger partial charge in [0.25, 0.3) is 0 Å². The van der Waals surface area contributed by atoms with E-state index >= 15 is 0 Å². The highest BCUT2D eigenvalue weighted by Crippen LogP contribution is 2.24. The van der Waals surface area contributed by atoms with E-state index in [9.17, 15) is 4.39 Å². The number of hydrogen-bond donors (Lipinski definition) is 0. The number of halogens is 1. The Hall–Kier alpha value is -2.15. The van der Waals surface area contributed by atoms with Crippen LogP contribution in [0.4, 0.5) is 4.39 Å². The third kappa shape index (κ3) is 3.36. The van der Waals surface area contributed by atoms with E-state index in [1.807, 2.05) is 7.05 Å². The quantitative estimate of drug-likeness (QED) is 0.397. The molecule has 0 aliphatic heterocycles. The van der Waals surface area contributed by atoms with Crippen molar-refractivity contribution in [1.29, 1.82) is 0 Å². The second-order valence-corrected chi connectivity index (χ2v) is 5.77. The predicted molar refractivity (Wildman–Crippen MR) is 83.5 cm³/mol. The van der Waals surface area contributed by atoms with E-state index in [-0.39, 0.29) is 5.82 Å². The summed E-state index contributed by atoms with van der Waals surface area (Å²) in [5, 5.41) is 6.09. The van der Waals surface area contributed by atoms with Gasteiger partial charge in [0.2, 0.25) is 0 Å². The maximum atomic E-state index is 12.8. The van der Waals surface area contributed by atoms with E-state index in [1.54, 1.807) is 41.1 Å². The number of nitrogens with zero attached hydrogens (tertiary/aromatic N) is 4. The molecule has 5 nitrogen and oxygen atoms in total. The van der Waals surface area contributed by atoms with Crippen LogP contribution in [0.15, 0.2) is 41.8 Å². The summed E-state index contributed by atoms with van der Waals surface area (Å²) in [6.45, 7) is 0.583. The minimum atomic E-state index is -0.257. The third-order valence-corrected chi connectivity index (χ3v) is 4.19. The fourth-order valence-corrected chi connectivity index (χ4v) is 2.88. The summed E-state index contributed by atoms with van der Waals surface area (Å²) < 4.78 is 20.1. The fraction of sp³-hybridized carbons (Fsp3) is 0.267. The molecule has 1 aromatic carbocycles. The number of ether oxygens (including phenoxy) is 1. The highest BCUT2D eigenvalue weighted by atomic mass is 32.2. The lowest BCUT2D eigenvalue weighted by molar-refractivity contribution is 0.318. The number of hydrogen-bond acceptors (Lipinski definition) is 5. The second-order valence-electron chi connectivity index (χ2n) is 4.69. The first-order valence-electron chi connectivity index (χ1n) is 6.88. The molecule has 0 bridgehead atoms. The van der Waals surface area contributed by atoms with Gasteiger partial charge in [-0.3, -0.25) is 4.68 Å². The highest BCUT2D eigenvalue weighted by Gasteiger charge is 2.07. The molecule has 0 aliphatic rings. The topological polar surface area (TPSA) is 52.8 Å². The van der Waals surface area contributed by atoms with Gasteiger partial charge in [-0.25, -0.2) is 14.4 Å². The molecule has 7 heteroatoms. The highest BCUT2D eigenvalue weighted by molar-refractivity contribution is 7.99. The van der Waals surface area contributed by atoms with Gasteiger partial charge in [-0.1, -0.05) is 0 Å². The van der Waals surface area contributed by atoms with E-state index in [0.717, 1.165) is 28.2 Å². The minimum absolute atomic E-state index is 0.257. The normalized spacial score (nSPS) is 11.0. The molecule has 0 N–H and O–H groups in total. The van der Waals surface area contributed by atoms with Crippen LogP contribution in [0.25, 0.3) is 11.0 Å². The number of rotatable bonds is 6. The van der Waals surface area contributed by atoms with Gasteiger partial charge in [-0.2, -0.15) is 5.10 Å². The minimum Gasteiger partial charge on any atom is -0.494 e. The first-order chi connectivity index (χ1) is 10.7. The van der Waals surface area contributed by atoms with Crippen LogP contribution in [0, 0.1) is 5.82 Å². The van der Waals surface area contributed by atoms with Crippen LogP contribution < -0.4 is 4.74 Å². The molecule has 0 saturated carbocycles. The van der Waals surface area contributed by atoms with Crippen molar-refractivity contribution in [2.45, 2.75) is 11.4 Å². The van der Waals surface area contributed by atoms with Crippen LogP contribution >= 0.6 is 11.8 Å². The van der Waals surface area contributed by atoms with Gasteiger partial charge in [-0.05, 0) is 30.7 Å². The smallest absolute Gasteiger partial charge is 0.162 e. The molecule has 0 spiro atoms. The Morgan fingerprint density at radius 3 is 2.86 bits per heavy atom. The zero-order valence-corrected chi connectivity index (χ0v) is 12.9. The first kappa shape index (κ1) is 14.8. The van der Waals surface area contributed by atoms with E-state index in [0.29, 0.717) is 12.4 Å². The summed E-state index contributed by atoms with van der Waals surface area (Å²) in [5.74, 6) is 1.30. The van der Waals surface area contributed by atoms with Crippen molar-refractivity contribution in [2.75, 3.05) is 12.4 Å². The zero-order valence-electron chi connectivity index (χ0n) is 12.1. The lowest BCUT2D eigenvalue weighted by Crippen LogP contribution is -1.99. The van der Waals surface area contributed by atoms with Gasteiger partial charge in [0.05, 0.1) is 18.2 Å². The van der Waals surface area contributed by atoms with Crippen molar-refractivity contribution in [3.63, 3.8) is 0 Å². The number of thioether (sulfide) groups is 1. The number of benzene rings is 1. The van der Waals surface area contributed by atoms with Crippen molar-refractivity contribution >= 4 is 22.8 Å². The molecule has 0 atom stereocenters. The maximum Gasteiger partial charge on any atom is 0.162 e. The van der Waals surface area contributed by atoms with Gasteiger partial charge in [0.1, 0.15) is 22.9 Å². The van der Waals surface area contributed by atoms with Crippen LogP contribution in [0.1, 0.15) is 6.42 Å². The van der Waals surface area contributed by atoms with Crippen LogP contribution in [-0.2, 0) is 7.05 Å². The monoisotopic (exact) mass is 318 g/mol. The Balaban J connectivity index is 1.49. The molecular formula is C15H15FN4OS. The Morgan fingerprint density at radius 1 is 1.23 bits per heavy atom. The van der Waals surface area contributed by atoms with Gasteiger partial charge in [-0.15, -0.1) is 11.8 Å². The molecule has 22 heavy (non-hydrogen) atoms. The summed E-state index contributed by atoms with van der Waals surface area (Å²) in [6.07, 6.45) is 4.21. The average Bonchev–Trinajstić information content (AvgIpc) is 2.91. The van der Waals surface area contributed by atoms with Crippen LogP contribution in [-0.4, -0.2) is 32.1 Å². The van der Waals surface area contributed by atoms with Crippen molar-refractivity contribution in [3.05, 3.63) is 42.6 Å². The molecule has 114 valence electrons. The van der Waals surface area contributed by atoms with Gasteiger partial charge in [0, 0.05) is 12.8 Å². The summed E-state index contributed by atoms with van der Waals surface area (Å²) >= 11 is 1.66. The summed E-state index contributed by atoms with van der Waals surface area (Å²) in [6, 6.07) is 6.05. The van der Waals surface area contributed by atoms with Crippen molar-refractivity contribution in [1.82, 2.24) is 19.7 Å². The molecular weight excluding hydrogens is 303 g/mol. The summed E-state index contributed by atoms with van der Waals surface area (Å²) in [7, 11) is 1.86. The molecule has 2 aromatic heterocycles. The number of aromatic nitrogens is 4. The second kappa shape index (κ2) is 6.74. The fourth-order valence-electron chi connectivity index (χ4n) is 2.00. The van der Waals surface area contributed by atoms with E-state index < -0.39 is 0 Å². The molecule has 0 fully saturated rings. The van der Waals surface area contributed by atoms with E-state index in [4.69, 9.17) is 4.74 Å². The largest absolute Gasteiger partial charge is 0.494 e. The molecule has 3 rings (SSSR count). The molecule has 0 saturated heterocycles. The molecule has 2 heterocycles. The SMILES string of the molecule is Cn1ncc2c(SCCCOc3ccc(F)cc3)ncnc21. The third-order valence-electron chi connectivity index (χ3n) is 3.10. The summed E-state index contributed by atoms with van der Waals surface area (Å²) in [4.78, 5) is 8.52. The predicted octanol–water partition coefficient (Wildman–Crippen LogP) is 3.06. The van der Waals surface area contributed by atoms with Gasteiger partial charge in [0.15, 0.2) is 5.65 Å². The van der Waals surface area contributed by atoms with Crippen LogP contribution in [0.5, 0.6) is 5.75 Å². The van der Waals surface area contributed by atoms with E-state index in [1.165, 1.54) is 12.1 Å². The Bertz CT molecular complexity index is 760. The maximum absolute atomic E-state index is 12.8. The van der Waals surface area contributed by atoms with Gasteiger partial charge < -0.3 is 4.74 Å². The number of aryl methyl sites for hydroxylation is 1. The van der Waals surface area contributed by atoms with Crippen LogP contribution in [0.3, 0.4) is 0 Å². The van der Waals surface area contributed by atoms with Crippen molar-refractivity contribution in [2.24, 2.45) is 7.05 Å². The molecule has 3 aromatic rings. The standard InChI is InChI=1S/C15H15FN4OS/c1-20-14-13(9-19-20)15(18-10-17-14)22-8-2-7-21-12-5-3-11(16)4-6-12/h3-6,9-10H,2,7-8H2,1H3. The van der Waals surface area contributed by atoms with Crippen LogP contribution in [0.2, 0.25) is 0 Å². The van der Waals surface area contributed by atoms with E-state index in [2.05, 4.69) is 15.1 Å².